The van der Waals surface area contributed by atoms with Crippen molar-refractivity contribution in [1.29, 1.82) is 0 Å². The number of carbonyl (C=O) groups is 1. The third-order valence-corrected chi connectivity index (χ3v) is 5.17. The smallest absolute Gasteiger partial charge is 0.407 e. The molecule has 3 rings (SSSR count). The van der Waals surface area contributed by atoms with Gasteiger partial charge in [-0.2, -0.15) is 5.21 Å². The zero-order valence-corrected chi connectivity index (χ0v) is 20.6. The lowest BCUT2D eigenvalue weighted by Crippen LogP contribution is -2.32. The van der Waals surface area contributed by atoms with Gasteiger partial charge in [-0.05, 0) is 63.6 Å². The van der Waals surface area contributed by atoms with E-state index >= 15 is 0 Å². The van der Waals surface area contributed by atoms with Crippen LogP contribution in [0.1, 0.15) is 68.5 Å². The number of hydrogen-bond donors (Lipinski definition) is 2. The molecule has 2 heterocycles. The zero-order valence-electron chi connectivity index (χ0n) is 20.6. The number of H-pyrrole nitrogens is 1. The van der Waals surface area contributed by atoms with Gasteiger partial charge in [0, 0.05) is 29.9 Å². The number of aromatic amines is 1. The molecule has 0 radical (unpaired) electrons. The van der Waals surface area contributed by atoms with Gasteiger partial charge < -0.3 is 10.1 Å². The summed E-state index contributed by atoms with van der Waals surface area (Å²) in [5, 5.41) is 17.5. The van der Waals surface area contributed by atoms with Gasteiger partial charge in [-0.25, -0.2) is 4.79 Å². The molecule has 0 saturated carbocycles. The van der Waals surface area contributed by atoms with E-state index in [1.165, 1.54) is 5.56 Å². The van der Waals surface area contributed by atoms with Gasteiger partial charge in [0.05, 0.1) is 0 Å². The van der Waals surface area contributed by atoms with Gasteiger partial charge in [0.2, 0.25) is 0 Å². The van der Waals surface area contributed by atoms with E-state index in [2.05, 4.69) is 71.0 Å². The summed E-state index contributed by atoms with van der Waals surface area (Å²) in [5.74, 6) is 1.00. The van der Waals surface area contributed by atoms with Crippen LogP contribution in [0.15, 0.2) is 24.3 Å². The molecule has 1 amide bonds. The van der Waals surface area contributed by atoms with Gasteiger partial charge in [0.25, 0.3) is 0 Å². The van der Waals surface area contributed by atoms with Gasteiger partial charge in [-0.15, -0.1) is 10.2 Å². The third kappa shape index (κ3) is 6.60. The third-order valence-electron chi connectivity index (χ3n) is 5.17. The maximum atomic E-state index is 12.5. The Morgan fingerprint density at radius 1 is 1.12 bits per heavy atom. The molecular formula is C25H34N6O2. The first-order valence-electron chi connectivity index (χ1n) is 11.3. The number of nitrogens with zero attached hydrogens (tertiary/aromatic N) is 4. The number of aromatic nitrogens is 5. The van der Waals surface area contributed by atoms with E-state index in [1.807, 2.05) is 27.7 Å². The molecule has 0 atom stereocenters. The van der Waals surface area contributed by atoms with E-state index in [0.29, 0.717) is 24.7 Å². The first kappa shape index (κ1) is 24.4. The lowest BCUT2D eigenvalue weighted by molar-refractivity contribution is 0.0523. The van der Waals surface area contributed by atoms with Crippen LogP contribution in [0.2, 0.25) is 0 Å². The lowest BCUT2D eigenvalue weighted by Gasteiger charge is -2.23. The summed E-state index contributed by atoms with van der Waals surface area (Å²) in [6.07, 6.45) is 0.834. The largest absolute Gasteiger partial charge is 0.444 e. The fourth-order valence-corrected chi connectivity index (χ4v) is 3.77. The zero-order chi connectivity index (χ0) is 24.2. The molecule has 0 aliphatic carbocycles. The van der Waals surface area contributed by atoms with Crippen molar-refractivity contribution in [2.24, 2.45) is 5.92 Å². The van der Waals surface area contributed by atoms with Gasteiger partial charge >= 0.3 is 6.09 Å². The summed E-state index contributed by atoms with van der Waals surface area (Å²) in [4.78, 5) is 17.5. The predicted molar refractivity (Wildman–Crippen MR) is 128 cm³/mol. The molecule has 0 aliphatic rings. The Labute approximate surface area is 195 Å². The number of pyridine rings is 1. The molecule has 8 nitrogen and oxygen atoms in total. The van der Waals surface area contributed by atoms with Crippen LogP contribution < -0.4 is 5.32 Å². The highest BCUT2D eigenvalue weighted by molar-refractivity contribution is 5.75. The van der Waals surface area contributed by atoms with Crippen LogP contribution in [-0.4, -0.2) is 37.3 Å². The number of aryl methyl sites for hydroxylation is 2. The maximum absolute atomic E-state index is 12.5. The molecule has 33 heavy (non-hydrogen) atoms. The molecule has 2 aromatic heterocycles. The molecule has 0 spiro atoms. The van der Waals surface area contributed by atoms with Crippen molar-refractivity contribution in [2.75, 3.05) is 0 Å². The number of tetrazole rings is 1. The molecule has 8 heteroatoms. The van der Waals surface area contributed by atoms with Crippen molar-refractivity contribution in [3.63, 3.8) is 0 Å². The van der Waals surface area contributed by atoms with E-state index in [0.717, 1.165) is 40.1 Å². The van der Waals surface area contributed by atoms with E-state index in [1.54, 1.807) is 0 Å². The fourth-order valence-electron chi connectivity index (χ4n) is 3.77. The van der Waals surface area contributed by atoms with Crippen molar-refractivity contribution in [3.8, 4) is 11.1 Å². The van der Waals surface area contributed by atoms with Crippen LogP contribution >= 0.6 is 0 Å². The Morgan fingerprint density at radius 2 is 1.82 bits per heavy atom. The quantitative estimate of drug-likeness (QED) is 0.541. The van der Waals surface area contributed by atoms with Crippen LogP contribution in [-0.2, 0) is 24.1 Å². The summed E-state index contributed by atoms with van der Waals surface area (Å²) in [7, 11) is 0. The summed E-state index contributed by atoms with van der Waals surface area (Å²) < 4.78 is 5.48. The Hall–Kier alpha value is -3.29. The van der Waals surface area contributed by atoms with Gasteiger partial charge in [0.1, 0.15) is 5.60 Å². The molecule has 0 saturated heterocycles. The molecule has 1 aromatic carbocycles. The number of nitrogens with one attached hydrogen (secondary N) is 2. The number of amides is 1. The average molecular weight is 451 g/mol. The highest BCUT2D eigenvalue weighted by Gasteiger charge is 2.23. The van der Waals surface area contributed by atoms with Crippen molar-refractivity contribution in [1.82, 2.24) is 30.9 Å². The minimum absolute atomic E-state index is 0.312. The SMILES string of the molecule is Cc1ccc(-c2c(Cc3nn[nH]n3)c(C)nc(CC(C)C)c2CNC(=O)OC(C)(C)C)cc1. The Balaban J connectivity index is 2.14. The summed E-state index contributed by atoms with van der Waals surface area (Å²) in [6.45, 7) is 14.3. The predicted octanol–water partition coefficient (Wildman–Crippen LogP) is 4.69. The highest BCUT2D eigenvalue weighted by Crippen LogP contribution is 2.34. The van der Waals surface area contributed by atoms with Crippen molar-refractivity contribution in [2.45, 2.75) is 73.5 Å². The summed E-state index contributed by atoms with van der Waals surface area (Å²) in [6, 6.07) is 8.41. The monoisotopic (exact) mass is 450 g/mol. The highest BCUT2D eigenvalue weighted by atomic mass is 16.6. The normalized spacial score (nSPS) is 11.6. The summed E-state index contributed by atoms with van der Waals surface area (Å²) >= 11 is 0. The fraction of sp³-hybridized carbons (Fsp3) is 0.480. The molecule has 3 aromatic rings. The molecule has 0 fully saturated rings. The number of alkyl carbamates (subject to hydrolysis) is 1. The van der Waals surface area contributed by atoms with Crippen LogP contribution in [0.25, 0.3) is 11.1 Å². The molecule has 0 unspecified atom stereocenters. The van der Waals surface area contributed by atoms with Gasteiger partial charge in [-0.1, -0.05) is 48.9 Å². The average Bonchev–Trinajstić information content (AvgIpc) is 3.21. The molecule has 0 bridgehead atoms. The van der Waals surface area contributed by atoms with E-state index in [-0.39, 0.29) is 0 Å². The first-order chi connectivity index (χ1) is 15.5. The van der Waals surface area contributed by atoms with Gasteiger partial charge in [0.15, 0.2) is 5.82 Å². The Morgan fingerprint density at radius 3 is 2.39 bits per heavy atom. The molecule has 0 aliphatic heterocycles. The van der Waals surface area contributed by atoms with Crippen LogP contribution in [0, 0.1) is 19.8 Å². The van der Waals surface area contributed by atoms with E-state index in [9.17, 15) is 4.79 Å². The summed E-state index contributed by atoms with van der Waals surface area (Å²) in [5.41, 5.74) is 6.64. The maximum Gasteiger partial charge on any atom is 0.407 e. The second-order valence-electron chi connectivity index (χ2n) is 9.80. The number of hydrogen-bond acceptors (Lipinski definition) is 6. The number of carbonyl (C=O) groups excluding carboxylic acids is 1. The second-order valence-corrected chi connectivity index (χ2v) is 9.80. The van der Waals surface area contributed by atoms with Crippen molar-refractivity contribution >= 4 is 6.09 Å². The number of ether oxygens (including phenoxy) is 1. The standard InChI is InChI=1S/C25H34N6O2/c1-15(2)12-21-20(14-26-24(32)33-25(5,6)7)23(18-10-8-16(3)9-11-18)19(17(4)27-21)13-22-28-30-31-29-22/h8-11,15H,12-14H2,1-7H3,(H,26,32)(H,28,29,30,31). The van der Waals surface area contributed by atoms with Crippen LogP contribution in [0.5, 0.6) is 0 Å². The topological polar surface area (TPSA) is 106 Å². The molecule has 2 N–H and O–H groups in total. The van der Waals surface area contributed by atoms with Crippen molar-refractivity contribution < 1.29 is 9.53 Å². The number of benzene rings is 1. The second kappa shape index (κ2) is 10.1. The van der Waals surface area contributed by atoms with Gasteiger partial charge in [-0.3, -0.25) is 4.98 Å². The Bertz CT molecular complexity index is 1080. The number of rotatable bonds is 7. The van der Waals surface area contributed by atoms with Crippen molar-refractivity contribution in [3.05, 3.63) is 58.2 Å². The first-order valence-corrected chi connectivity index (χ1v) is 11.3. The van der Waals surface area contributed by atoms with Crippen LogP contribution in [0.3, 0.4) is 0 Å². The van der Waals surface area contributed by atoms with Crippen LogP contribution in [0.4, 0.5) is 4.79 Å². The minimum Gasteiger partial charge on any atom is -0.444 e. The van der Waals surface area contributed by atoms with E-state index < -0.39 is 11.7 Å². The lowest BCUT2D eigenvalue weighted by atomic mass is 9.88. The minimum atomic E-state index is -0.570. The molecular weight excluding hydrogens is 416 g/mol. The van der Waals surface area contributed by atoms with E-state index in [4.69, 9.17) is 9.72 Å². The molecule has 176 valence electrons. The Kier molecular flexibility index (Phi) is 7.46.